The third-order valence-corrected chi connectivity index (χ3v) is 6.46. The van der Waals surface area contributed by atoms with Gasteiger partial charge in [-0.15, -0.1) is 0 Å². The van der Waals surface area contributed by atoms with E-state index >= 15 is 0 Å². The largest absolute Gasteiger partial charge is 0.391 e. The molecular weight excluding hydrogens is 350 g/mol. The van der Waals surface area contributed by atoms with E-state index in [1.807, 2.05) is 6.07 Å². The number of fused-ring (bicyclic) bond motifs is 4. The molecule has 144 valence electrons. The monoisotopic (exact) mass is 377 g/mol. The Morgan fingerprint density at radius 1 is 1.14 bits per heavy atom. The van der Waals surface area contributed by atoms with Crippen molar-refractivity contribution < 1.29 is 14.4 Å². The maximum Gasteiger partial charge on any atom is 0.250 e. The van der Waals surface area contributed by atoms with Crippen molar-refractivity contribution in [2.75, 3.05) is 44.2 Å². The predicted octanol–water partition coefficient (Wildman–Crippen LogP) is 0.354. The summed E-state index contributed by atoms with van der Waals surface area (Å²) in [7, 11) is 0. The highest BCUT2D eigenvalue weighted by molar-refractivity contribution is 5.78. The molecular formula is C22H27N5O+2. The van der Waals surface area contributed by atoms with Gasteiger partial charge in [0.2, 0.25) is 11.5 Å². The van der Waals surface area contributed by atoms with Gasteiger partial charge in [0.05, 0.1) is 6.61 Å². The zero-order valence-electron chi connectivity index (χ0n) is 16.2. The quantitative estimate of drug-likeness (QED) is 0.577. The average Bonchev–Trinajstić information content (AvgIpc) is 3.12. The van der Waals surface area contributed by atoms with Crippen LogP contribution in [0.1, 0.15) is 29.5 Å². The van der Waals surface area contributed by atoms with Crippen molar-refractivity contribution in [3.63, 3.8) is 0 Å². The number of piperazine rings is 1. The zero-order valence-corrected chi connectivity index (χ0v) is 16.2. The van der Waals surface area contributed by atoms with Crippen LogP contribution in [0.15, 0.2) is 24.3 Å². The molecule has 1 aliphatic heterocycles. The standard InChI is InChI=1S/C22H25N5O/c23-15-18-16-5-1-2-6-17(16)22(26-11-9-25(10-12-26)13-14-28)27-20-8-4-3-7-19(20)24-21(18)27/h3-4,7-8,28H,1-2,5-6,9-14H2/p+2. The molecule has 0 amide bonds. The van der Waals surface area contributed by atoms with Gasteiger partial charge in [0.15, 0.2) is 0 Å². The van der Waals surface area contributed by atoms with Crippen molar-refractivity contribution in [1.82, 2.24) is 4.98 Å². The molecule has 0 bridgehead atoms. The molecule has 3 heterocycles. The highest BCUT2D eigenvalue weighted by Crippen LogP contribution is 2.33. The van der Waals surface area contributed by atoms with Crippen LogP contribution >= 0.6 is 0 Å². The molecule has 6 heteroatoms. The smallest absolute Gasteiger partial charge is 0.250 e. The zero-order chi connectivity index (χ0) is 19.1. The maximum atomic E-state index is 9.99. The molecule has 3 aromatic rings. The molecule has 6 nitrogen and oxygen atoms in total. The molecule has 1 aliphatic carbocycles. The van der Waals surface area contributed by atoms with Crippen LogP contribution in [-0.4, -0.2) is 49.4 Å². The van der Waals surface area contributed by atoms with Gasteiger partial charge in [0.25, 0.3) is 0 Å². The van der Waals surface area contributed by atoms with Crippen LogP contribution in [0.5, 0.6) is 0 Å². The number of imidazole rings is 1. The minimum absolute atomic E-state index is 0.253. The number of H-pyrrole nitrogens is 1. The lowest BCUT2D eigenvalue weighted by molar-refractivity contribution is -0.901. The Hall–Kier alpha value is -2.62. The van der Waals surface area contributed by atoms with Crippen molar-refractivity contribution in [1.29, 1.82) is 5.26 Å². The molecule has 1 saturated heterocycles. The number of aromatic amines is 1. The van der Waals surface area contributed by atoms with Gasteiger partial charge in [-0.25, -0.2) is 0 Å². The van der Waals surface area contributed by atoms with Crippen LogP contribution in [0, 0.1) is 11.3 Å². The Balaban J connectivity index is 1.74. The summed E-state index contributed by atoms with van der Waals surface area (Å²) in [5, 5.41) is 19.3. The van der Waals surface area contributed by atoms with Gasteiger partial charge in [0.1, 0.15) is 55.4 Å². The van der Waals surface area contributed by atoms with Crippen LogP contribution in [-0.2, 0) is 12.8 Å². The number of aliphatic hydroxyl groups excluding tert-OH is 1. The third-order valence-electron chi connectivity index (χ3n) is 6.46. The maximum absolute atomic E-state index is 9.99. The Labute approximate surface area is 164 Å². The number of nitrogens with zero attached hydrogens (tertiary/aromatic N) is 3. The van der Waals surface area contributed by atoms with E-state index in [-0.39, 0.29) is 6.61 Å². The van der Waals surface area contributed by atoms with Crippen molar-refractivity contribution in [2.24, 2.45) is 0 Å². The molecule has 2 aliphatic rings. The Morgan fingerprint density at radius 3 is 2.64 bits per heavy atom. The lowest BCUT2D eigenvalue weighted by Crippen LogP contribution is -3.15. The number of pyridine rings is 1. The van der Waals surface area contributed by atoms with Gasteiger partial charge in [0, 0.05) is 5.56 Å². The highest BCUT2D eigenvalue weighted by Gasteiger charge is 2.34. The number of nitriles is 1. The van der Waals surface area contributed by atoms with Crippen molar-refractivity contribution in [2.45, 2.75) is 25.7 Å². The Kier molecular flexibility index (Phi) is 4.42. The average molecular weight is 377 g/mol. The number of hydrogen-bond acceptors (Lipinski definition) is 3. The summed E-state index contributed by atoms with van der Waals surface area (Å²) in [5.74, 6) is 1.28. The fourth-order valence-electron chi connectivity index (χ4n) is 5.07. The van der Waals surface area contributed by atoms with E-state index in [4.69, 9.17) is 0 Å². The highest BCUT2D eigenvalue weighted by atomic mass is 16.3. The molecule has 1 fully saturated rings. The summed E-state index contributed by atoms with van der Waals surface area (Å²) >= 11 is 0. The van der Waals surface area contributed by atoms with E-state index in [2.05, 4.69) is 38.6 Å². The summed E-state index contributed by atoms with van der Waals surface area (Å²) in [6.45, 7) is 5.13. The Morgan fingerprint density at radius 2 is 1.89 bits per heavy atom. The molecule has 2 aromatic heterocycles. The molecule has 1 aromatic carbocycles. The number of aromatic nitrogens is 2. The molecule has 28 heavy (non-hydrogen) atoms. The Bertz CT molecular complexity index is 1070. The topological polar surface area (TPSA) is 71.6 Å². The molecule has 0 unspecified atom stereocenters. The molecule has 3 N–H and O–H groups in total. The summed E-state index contributed by atoms with van der Waals surface area (Å²) in [6, 6.07) is 10.9. The van der Waals surface area contributed by atoms with Gasteiger partial charge in [-0.3, -0.25) is 9.88 Å². The first-order valence-electron chi connectivity index (χ1n) is 10.4. The molecule has 5 rings (SSSR count). The lowest BCUT2D eigenvalue weighted by atomic mass is 9.88. The molecule has 0 atom stereocenters. The molecule has 0 saturated carbocycles. The van der Waals surface area contributed by atoms with Crippen LogP contribution in [0.2, 0.25) is 0 Å². The van der Waals surface area contributed by atoms with E-state index in [9.17, 15) is 10.4 Å². The number of benzene rings is 1. The number of hydrogen-bond donors (Lipinski definition) is 3. The van der Waals surface area contributed by atoms with Crippen molar-refractivity contribution >= 4 is 22.5 Å². The second kappa shape index (κ2) is 7.08. The van der Waals surface area contributed by atoms with Gasteiger partial charge < -0.3 is 10.0 Å². The first kappa shape index (κ1) is 17.5. The minimum Gasteiger partial charge on any atom is -0.391 e. The van der Waals surface area contributed by atoms with Gasteiger partial charge >= 0.3 is 0 Å². The van der Waals surface area contributed by atoms with Crippen LogP contribution in [0.4, 0.5) is 5.82 Å². The fourth-order valence-corrected chi connectivity index (χ4v) is 5.07. The third kappa shape index (κ3) is 2.66. The number of aliphatic hydroxyl groups is 1. The predicted molar refractivity (Wildman–Crippen MR) is 108 cm³/mol. The second-order valence-corrected chi connectivity index (χ2v) is 8.01. The SMILES string of the molecule is N#Cc1c2c(c(N3CC[NH+](CCO)CC3)[n+]3c1[nH]c1ccccc13)CCCC2. The fraction of sp³-hybridized carbons (Fsp3) is 0.455. The number of para-hydroxylation sites is 2. The van der Waals surface area contributed by atoms with Crippen LogP contribution in [0.25, 0.3) is 16.7 Å². The van der Waals surface area contributed by atoms with Gasteiger partial charge in [-0.2, -0.15) is 9.66 Å². The first-order chi connectivity index (χ1) is 13.8. The van der Waals surface area contributed by atoms with Crippen LogP contribution in [0.3, 0.4) is 0 Å². The van der Waals surface area contributed by atoms with E-state index in [0.29, 0.717) is 0 Å². The number of rotatable bonds is 3. The van der Waals surface area contributed by atoms with E-state index < -0.39 is 0 Å². The molecule has 0 radical (unpaired) electrons. The number of quaternary nitrogens is 1. The normalized spacial score (nSPS) is 17.8. The first-order valence-corrected chi connectivity index (χ1v) is 10.4. The molecule has 0 spiro atoms. The summed E-state index contributed by atoms with van der Waals surface area (Å²) < 4.78 is 2.30. The lowest BCUT2D eigenvalue weighted by Gasteiger charge is -2.32. The van der Waals surface area contributed by atoms with E-state index in [0.717, 1.165) is 74.2 Å². The minimum atomic E-state index is 0.253. The van der Waals surface area contributed by atoms with Crippen LogP contribution < -0.4 is 14.2 Å². The number of nitrogens with one attached hydrogen (secondary N) is 2. The van der Waals surface area contributed by atoms with Gasteiger partial charge in [-0.1, -0.05) is 12.1 Å². The van der Waals surface area contributed by atoms with E-state index in [1.165, 1.54) is 28.3 Å². The summed E-state index contributed by atoms with van der Waals surface area (Å²) in [4.78, 5) is 7.52. The van der Waals surface area contributed by atoms with E-state index in [1.54, 1.807) is 0 Å². The second-order valence-electron chi connectivity index (χ2n) is 8.01. The number of anilines is 1. The van der Waals surface area contributed by atoms with Gasteiger partial charge in [-0.05, 0) is 43.4 Å². The van der Waals surface area contributed by atoms with Crippen molar-refractivity contribution in [3.05, 3.63) is 41.0 Å². The van der Waals surface area contributed by atoms with Crippen molar-refractivity contribution in [3.8, 4) is 6.07 Å². The summed E-state index contributed by atoms with van der Waals surface area (Å²) in [6.07, 6.45) is 4.39. The summed E-state index contributed by atoms with van der Waals surface area (Å²) in [5.41, 5.74) is 6.59.